The Hall–Kier alpha value is -1.95. The number of nitrogens with zero attached hydrogens (tertiary/aromatic N) is 3. The smallest absolute Gasteiger partial charge is 0.240 e. The molecule has 0 spiro atoms. The molecule has 2 aromatic rings. The third-order valence-electron chi connectivity index (χ3n) is 2.51. The van der Waals surface area contributed by atoms with Gasteiger partial charge in [-0.05, 0) is 13.0 Å². The number of carbonyl (C=O) groups is 1. The largest absolute Gasteiger partial charge is 0.380 e. The summed E-state index contributed by atoms with van der Waals surface area (Å²) in [5.74, 6) is -0.0502. The van der Waals surface area contributed by atoms with Crippen LogP contribution in [0, 0.1) is 0 Å². The quantitative estimate of drug-likeness (QED) is 0.759. The molecule has 2 aromatic heterocycles. The highest BCUT2D eigenvalue weighted by Crippen LogP contribution is 2.10. The molecule has 18 heavy (non-hydrogen) atoms. The van der Waals surface area contributed by atoms with E-state index >= 15 is 0 Å². The molecule has 0 atom stereocenters. The molecule has 0 fully saturated rings. The number of aromatic nitrogens is 3. The monoisotopic (exact) mass is 248 g/mol. The van der Waals surface area contributed by atoms with Crippen molar-refractivity contribution in [2.75, 3.05) is 19.8 Å². The van der Waals surface area contributed by atoms with Crippen LogP contribution in [0.15, 0.2) is 24.8 Å². The Bertz CT molecular complexity index is 524. The van der Waals surface area contributed by atoms with Crippen molar-refractivity contribution >= 4 is 16.9 Å². The average molecular weight is 248 g/mol. The van der Waals surface area contributed by atoms with Crippen LogP contribution in [-0.2, 0) is 16.1 Å². The first-order valence-corrected chi connectivity index (χ1v) is 5.90. The first-order valence-electron chi connectivity index (χ1n) is 5.90. The molecular weight excluding hydrogens is 232 g/mol. The minimum absolute atomic E-state index is 0.0502. The normalized spacial score (nSPS) is 10.7. The van der Waals surface area contributed by atoms with Crippen LogP contribution in [0.3, 0.4) is 0 Å². The van der Waals surface area contributed by atoms with Crippen molar-refractivity contribution in [3.63, 3.8) is 0 Å². The van der Waals surface area contributed by atoms with E-state index in [1.54, 1.807) is 10.8 Å². The van der Waals surface area contributed by atoms with Gasteiger partial charge in [-0.1, -0.05) is 0 Å². The number of hydrogen-bond acceptors (Lipinski definition) is 4. The Kier molecular flexibility index (Phi) is 4.25. The molecule has 6 heteroatoms. The molecule has 2 heterocycles. The lowest BCUT2D eigenvalue weighted by Gasteiger charge is -2.06. The van der Waals surface area contributed by atoms with Crippen LogP contribution in [0.4, 0.5) is 0 Å². The molecule has 0 aliphatic carbocycles. The van der Waals surface area contributed by atoms with E-state index in [4.69, 9.17) is 4.74 Å². The Morgan fingerprint density at radius 3 is 3.28 bits per heavy atom. The van der Waals surface area contributed by atoms with Gasteiger partial charge in [0.1, 0.15) is 18.5 Å². The van der Waals surface area contributed by atoms with Gasteiger partial charge in [0.2, 0.25) is 5.91 Å². The zero-order valence-corrected chi connectivity index (χ0v) is 10.3. The summed E-state index contributed by atoms with van der Waals surface area (Å²) in [6.45, 7) is 3.91. The van der Waals surface area contributed by atoms with Crippen LogP contribution in [0.2, 0.25) is 0 Å². The van der Waals surface area contributed by atoms with E-state index in [9.17, 15) is 4.79 Å². The molecule has 0 unspecified atom stereocenters. The fourth-order valence-corrected chi connectivity index (χ4v) is 1.68. The summed E-state index contributed by atoms with van der Waals surface area (Å²) < 4.78 is 6.95. The number of carbonyl (C=O) groups excluding carboxylic acids is 1. The Morgan fingerprint density at radius 1 is 1.56 bits per heavy atom. The van der Waals surface area contributed by atoms with Crippen LogP contribution in [-0.4, -0.2) is 40.2 Å². The lowest BCUT2D eigenvalue weighted by Crippen LogP contribution is -2.30. The van der Waals surface area contributed by atoms with E-state index in [1.165, 1.54) is 6.33 Å². The topological polar surface area (TPSA) is 69.0 Å². The molecule has 0 saturated carbocycles. The maximum Gasteiger partial charge on any atom is 0.240 e. The minimum atomic E-state index is -0.0502. The van der Waals surface area contributed by atoms with Gasteiger partial charge in [-0.25, -0.2) is 9.97 Å². The number of amides is 1. The van der Waals surface area contributed by atoms with E-state index in [0.717, 1.165) is 11.0 Å². The van der Waals surface area contributed by atoms with E-state index in [-0.39, 0.29) is 12.5 Å². The number of fused-ring (bicyclic) bond motifs is 1. The number of hydrogen-bond donors (Lipinski definition) is 1. The summed E-state index contributed by atoms with van der Waals surface area (Å²) in [6, 6.07) is 1.89. The average Bonchev–Trinajstić information content (AvgIpc) is 2.78. The van der Waals surface area contributed by atoms with Gasteiger partial charge in [0, 0.05) is 30.9 Å². The van der Waals surface area contributed by atoms with Gasteiger partial charge in [-0.2, -0.15) is 0 Å². The van der Waals surface area contributed by atoms with Gasteiger partial charge in [0.15, 0.2) is 0 Å². The number of ether oxygens (including phenoxy) is 1. The third-order valence-corrected chi connectivity index (χ3v) is 2.51. The SMILES string of the molecule is CCOCCNC(=O)Cn1ccc2cncnc21. The fourth-order valence-electron chi connectivity index (χ4n) is 1.68. The second-order valence-electron chi connectivity index (χ2n) is 3.79. The molecule has 6 nitrogen and oxygen atoms in total. The Labute approximate surface area is 105 Å². The van der Waals surface area contributed by atoms with Crippen LogP contribution >= 0.6 is 0 Å². The van der Waals surface area contributed by atoms with Crippen molar-refractivity contribution in [1.29, 1.82) is 0 Å². The zero-order valence-electron chi connectivity index (χ0n) is 10.3. The summed E-state index contributed by atoms with van der Waals surface area (Å²) in [5.41, 5.74) is 0.768. The van der Waals surface area contributed by atoms with E-state index in [1.807, 2.05) is 19.2 Å². The lowest BCUT2D eigenvalue weighted by molar-refractivity contribution is -0.121. The van der Waals surface area contributed by atoms with E-state index < -0.39 is 0 Å². The highest BCUT2D eigenvalue weighted by molar-refractivity contribution is 5.80. The predicted octanol–water partition coefficient (Wildman–Crippen LogP) is 0.584. The standard InChI is InChI=1S/C12H16N4O2/c1-2-18-6-4-14-11(17)8-16-5-3-10-7-13-9-15-12(10)16/h3,5,7,9H,2,4,6,8H2,1H3,(H,14,17). The van der Waals surface area contributed by atoms with Gasteiger partial charge in [-0.3, -0.25) is 4.79 Å². The van der Waals surface area contributed by atoms with Gasteiger partial charge in [-0.15, -0.1) is 0 Å². The van der Waals surface area contributed by atoms with Crippen molar-refractivity contribution < 1.29 is 9.53 Å². The maximum atomic E-state index is 11.7. The molecule has 0 aromatic carbocycles. The predicted molar refractivity (Wildman–Crippen MR) is 67.0 cm³/mol. The molecule has 0 radical (unpaired) electrons. The summed E-state index contributed by atoms with van der Waals surface area (Å²) in [6.07, 6.45) is 5.04. The van der Waals surface area contributed by atoms with E-state index in [0.29, 0.717) is 19.8 Å². The van der Waals surface area contributed by atoms with Crippen molar-refractivity contribution in [3.05, 3.63) is 24.8 Å². The zero-order chi connectivity index (χ0) is 12.8. The molecule has 0 bridgehead atoms. The van der Waals surface area contributed by atoms with Gasteiger partial charge >= 0.3 is 0 Å². The minimum Gasteiger partial charge on any atom is -0.380 e. The molecule has 1 N–H and O–H groups in total. The highest BCUT2D eigenvalue weighted by Gasteiger charge is 2.06. The van der Waals surface area contributed by atoms with Crippen molar-refractivity contribution in [3.8, 4) is 0 Å². The van der Waals surface area contributed by atoms with Gasteiger partial charge in [0.25, 0.3) is 0 Å². The summed E-state index contributed by atoms with van der Waals surface area (Å²) in [7, 11) is 0. The fraction of sp³-hybridized carbons (Fsp3) is 0.417. The Morgan fingerprint density at radius 2 is 2.44 bits per heavy atom. The highest BCUT2D eigenvalue weighted by atomic mass is 16.5. The second kappa shape index (κ2) is 6.11. The third kappa shape index (κ3) is 3.04. The molecule has 96 valence electrons. The summed E-state index contributed by atoms with van der Waals surface area (Å²) in [5, 5.41) is 3.72. The number of nitrogens with one attached hydrogen (secondary N) is 1. The first kappa shape index (κ1) is 12.5. The van der Waals surface area contributed by atoms with Crippen LogP contribution in [0.25, 0.3) is 11.0 Å². The second-order valence-corrected chi connectivity index (χ2v) is 3.79. The van der Waals surface area contributed by atoms with Gasteiger partial charge < -0.3 is 14.6 Å². The Balaban J connectivity index is 1.91. The van der Waals surface area contributed by atoms with Crippen LogP contribution in [0.1, 0.15) is 6.92 Å². The summed E-state index contributed by atoms with van der Waals surface area (Å²) in [4.78, 5) is 19.8. The van der Waals surface area contributed by atoms with Crippen molar-refractivity contribution in [2.24, 2.45) is 0 Å². The molecule has 0 aliphatic rings. The molecule has 0 saturated heterocycles. The van der Waals surface area contributed by atoms with E-state index in [2.05, 4.69) is 15.3 Å². The van der Waals surface area contributed by atoms with Crippen LogP contribution < -0.4 is 5.32 Å². The number of rotatable bonds is 6. The first-order chi connectivity index (χ1) is 8.81. The molecular formula is C12H16N4O2. The summed E-state index contributed by atoms with van der Waals surface area (Å²) >= 11 is 0. The molecule has 1 amide bonds. The van der Waals surface area contributed by atoms with Crippen LogP contribution in [0.5, 0.6) is 0 Å². The van der Waals surface area contributed by atoms with Crippen molar-refractivity contribution in [1.82, 2.24) is 19.9 Å². The molecule has 2 rings (SSSR count). The maximum absolute atomic E-state index is 11.7. The molecule has 0 aliphatic heterocycles. The van der Waals surface area contributed by atoms with Crippen molar-refractivity contribution in [2.45, 2.75) is 13.5 Å². The lowest BCUT2D eigenvalue weighted by atomic mass is 10.4. The van der Waals surface area contributed by atoms with Gasteiger partial charge in [0.05, 0.1) is 6.61 Å².